The summed E-state index contributed by atoms with van der Waals surface area (Å²) < 4.78 is 8.21. The molecule has 2 aromatic heterocycles. The van der Waals surface area contributed by atoms with Crippen LogP contribution in [0.25, 0.3) is 33.4 Å². The van der Waals surface area contributed by atoms with Crippen molar-refractivity contribution in [1.82, 2.24) is 14.5 Å². The van der Waals surface area contributed by atoms with Crippen molar-refractivity contribution in [3.05, 3.63) is 67.0 Å². The van der Waals surface area contributed by atoms with E-state index in [0.717, 1.165) is 59.4 Å². The Morgan fingerprint density at radius 1 is 0.964 bits per heavy atom. The van der Waals surface area contributed by atoms with Crippen LogP contribution in [-0.4, -0.2) is 27.2 Å². The van der Waals surface area contributed by atoms with E-state index >= 15 is 0 Å². The highest BCUT2D eigenvalue weighted by Crippen LogP contribution is 2.42. The number of anilines is 1. The van der Waals surface area contributed by atoms with Gasteiger partial charge in [-0.3, -0.25) is 0 Å². The van der Waals surface area contributed by atoms with Gasteiger partial charge in [0.15, 0.2) is 0 Å². The largest absolute Gasteiger partial charge is 0.383 e. The molecule has 1 fully saturated rings. The van der Waals surface area contributed by atoms with Crippen molar-refractivity contribution in [1.29, 1.82) is 0 Å². The van der Waals surface area contributed by atoms with Crippen molar-refractivity contribution in [3.63, 3.8) is 0 Å². The quantitative estimate of drug-likeness (QED) is 0.573. The van der Waals surface area contributed by atoms with Gasteiger partial charge < -0.3 is 15.0 Å². The fraction of sp³-hybridized carbons (Fsp3) is 0.217. The van der Waals surface area contributed by atoms with E-state index in [1.54, 1.807) is 6.33 Å². The molecular formula is C23H22N4O. The second-order valence-electron chi connectivity index (χ2n) is 7.16. The van der Waals surface area contributed by atoms with Gasteiger partial charge in [0.05, 0.1) is 23.7 Å². The van der Waals surface area contributed by atoms with E-state index < -0.39 is 0 Å². The molecule has 1 saturated heterocycles. The summed E-state index contributed by atoms with van der Waals surface area (Å²) in [7, 11) is 0. The lowest BCUT2D eigenvalue weighted by atomic mass is 9.99. The number of aromatic nitrogens is 3. The van der Waals surface area contributed by atoms with E-state index in [1.807, 2.05) is 24.3 Å². The van der Waals surface area contributed by atoms with Gasteiger partial charge in [-0.15, -0.1) is 0 Å². The SMILES string of the molecule is Nc1ncnc2c1c(-c1ccccc1)c(-c1ccccc1)n2C[C@H]1CCCO1. The molecule has 0 unspecified atom stereocenters. The van der Waals surface area contributed by atoms with Crippen LogP contribution >= 0.6 is 0 Å². The maximum atomic E-state index is 6.37. The lowest BCUT2D eigenvalue weighted by Crippen LogP contribution is -2.16. The van der Waals surface area contributed by atoms with E-state index in [1.165, 1.54) is 0 Å². The molecule has 1 atom stereocenters. The number of hydrogen-bond donors (Lipinski definition) is 1. The lowest BCUT2D eigenvalue weighted by molar-refractivity contribution is 0.0982. The van der Waals surface area contributed by atoms with Gasteiger partial charge in [-0.05, 0) is 24.0 Å². The second kappa shape index (κ2) is 7.09. The Morgan fingerprint density at radius 2 is 1.68 bits per heavy atom. The number of hydrogen-bond acceptors (Lipinski definition) is 4. The number of benzene rings is 2. The van der Waals surface area contributed by atoms with E-state index in [9.17, 15) is 0 Å². The van der Waals surface area contributed by atoms with Gasteiger partial charge >= 0.3 is 0 Å². The zero-order chi connectivity index (χ0) is 18.9. The Bertz CT molecular complexity index is 1100. The van der Waals surface area contributed by atoms with Crippen LogP contribution in [0, 0.1) is 0 Å². The molecule has 5 nitrogen and oxygen atoms in total. The van der Waals surface area contributed by atoms with Crippen molar-refractivity contribution in [3.8, 4) is 22.4 Å². The molecule has 5 heteroatoms. The molecule has 0 radical (unpaired) electrons. The zero-order valence-corrected chi connectivity index (χ0v) is 15.6. The molecular weight excluding hydrogens is 348 g/mol. The van der Waals surface area contributed by atoms with Crippen molar-refractivity contribution in [2.45, 2.75) is 25.5 Å². The van der Waals surface area contributed by atoms with Gasteiger partial charge in [-0.2, -0.15) is 0 Å². The minimum Gasteiger partial charge on any atom is -0.383 e. The van der Waals surface area contributed by atoms with Gasteiger partial charge in [-0.1, -0.05) is 60.7 Å². The molecule has 2 aromatic carbocycles. The van der Waals surface area contributed by atoms with E-state index in [-0.39, 0.29) is 6.10 Å². The number of nitrogen functional groups attached to an aromatic ring is 1. The second-order valence-corrected chi connectivity index (χ2v) is 7.16. The zero-order valence-electron chi connectivity index (χ0n) is 15.6. The Balaban J connectivity index is 1.85. The summed E-state index contributed by atoms with van der Waals surface area (Å²) in [6.07, 6.45) is 3.91. The van der Waals surface area contributed by atoms with Gasteiger partial charge in [0.2, 0.25) is 0 Å². The highest BCUT2D eigenvalue weighted by molar-refractivity contribution is 6.07. The third kappa shape index (κ3) is 2.84. The molecule has 4 aromatic rings. The van der Waals surface area contributed by atoms with Crippen LogP contribution in [0.5, 0.6) is 0 Å². The molecule has 0 bridgehead atoms. The first kappa shape index (κ1) is 17.0. The minimum absolute atomic E-state index is 0.192. The number of nitrogens with two attached hydrogens (primary N) is 1. The van der Waals surface area contributed by atoms with Crippen molar-refractivity contribution >= 4 is 16.9 Å². The summed E-state index contributed by atoms with van der Waals surface area (Å²) in [5, 5.41) is 0.908. The third-order valence-corrected chi connectivity index (χ3v) is 5.39. The number of fused-ring (bicyclic) bond motifs is 1. The van der Waals surface area contributed by atoms with E-state index in [2.05, 4.69) is 50.9 Å². The maximum Gasteiger partial charge on any atom is 0.146 e. The first-order valence-electron chi connectivity index (χ1n) is 9.68. The van der Waals surface area contributed by atoms with Crippen LogP contribution in [0.4, 0.5) is 5.82 Å². The smallest absolute Gasteiger partial charge is 0.146 e. The van der Waals surface area contributed by atoms with Crippen LogP contribution < -0.4 is 5.73 Å². The normalized spacial score (nSPS) is 16.6. The summed E-state index contributed by atoms with van der Waals surface area (Å²) in [5.74, 6) is 0.507. The summed E-state index contributed by atoms with van der Waals surface area (Å²) in [6, 6.07) is 20.8. The molecule has 1 aliphatic rings. The molecule has 0 aliphatic carbocycles. The molecule has 0 spiro atoms. The van der Waals surface area contributed by atoms with Crippen LogP contribution in [0.3, 0.4) is 0 Å². The highest BCUT2D eigenvalue weighted by atomic mass is 16.5. The van der Waals surface area contributed by atoms with Crippen LogP contribution in [0.1, 0.15) is 12.8 Å². The fourth-order valence-corrected chi connectivity index (χ4v) is 4.14. The monoisotopic (exact) mass is 370 g/mol. The molecule has 140 valence electrons. The molecule has 0 amide bonds. The fourth-order valence-electron chi connectivity index (χ4n) is 4.14. The summed E-state index contributed by atoms with van der Waals surface area (Å²) >= 11 is 0. The molecule has 3 heterocycles. The first-order valence-corrected chi connectivity index (χ1v) is 9.68. The first-order chi connectivity index (χ1) is 13.8. The number of nitrogens with zero attached hydrogens (tertiary/aromatic N) is 3. The van der Waals surface area contributed by atoms with Crippen molar-refractivity contribution in [2.24, 2.45) is 0 Å². The predicted octanol–water partition coefficient (Wildman–Crippen LogP) is 4.53. The standard InChI is InChI=1S/C23H22N4O/c24-22-20-19(16-8-3-1-4-9-16)21(17-10-5-2-6-11-17)27(23(20)26-15-25-22)14-18-12-7-13-28-18/h1-6,8-11,15,18H,7,12-14H2,(H2,24,25,26)/t18-/m1/s1. The van der Waals surface area contributed by atoms with E-state index in [4.69, 9.17) is 10.5 Å². The van der Waals surface area contributed by atoms with Gasteiger partial charge in [-0.25, -0.2) is 9.97 Å². The minimum atomic E-state index is 0.192. The van der Waals surface area contributed by atoms with Gasteiger partial charge in [0, 0.05) is 12.2 Å². The lowest BCUT2D eigenvalue weighted by Gasteiger charge is -2.16. The molecule has 1 aliphatic heterocycles. The summed E-state index contributed by atoms with van der Waals surface area (Å²) in [5.41, 5.74) is 11.7. The number of rotatable bonds is 4. The van der Waals surface area contributed by atoms with Crippen LogP contribution in [0.2, 0.25) is 0 Å². The average molecular weight is 370 g/mol. The molecule has 5 rings (SSSR count). The molecule has 0 saturated carbocycles. The van der Waals surface area contributed by atoms with Gasteiger partial charge in [0.25, 0.3) is 0 Å². The average Bonchev–Trinajstić information content (AvgIpc) is 3.37. The van der Waals surface area contributed by atoms with Crippen LogP contribution in [0.15, 0.2) is 67.0 Å². The Kier molecular flexibility index (Phi) is 4.29. The van der Waals surface area contributed by atoms with Gasteiger partial charge in [0.1, 0.15) is 17.8 Å². The van der Waals surface area contributed by atoms with Crippen molar-refractivity contribution < 1.29 is 4.74 Å². The van der Waals surface area contributed by atoms with Crippen molar-refractivity contribution in [2.75, 3.05) is 12.3 Å². The third-order valence-electron chi connectivity index (χ3n) is 5.39. The molecule has 2 N–H and O–H groups in total. The predicted molar refractivity (Wildman–Crippen MR) is 112 cm³/mol. The Hall–Kier alpha value is -3.18. The summed E-state index contributed by atoms with van der Waals surface area (Å²) in [4.78, 5) is 8.93. The van der Waals surface area contributed by atoms with Crippen LogP contribution in [-0.2, 0) is 11.3 Å². The van der Waals surface area contributed by atoms with E-state index in [0.29, 0.717) is 5.82 Å². The molecule has 28 heavy (non-hydrogen) atoms. The highest BCUT2D eigenvalue weighted by Gasteiger charge is 2.26. The number of ether oxygens (including phenoxy) is 1. The maximum absolute atomic E-state index is 6.37. The topological polar surface area (TPSA) is 66.0 Å². The summed E-state index contributed by atoms with van der Waals surface area (Å²) in [6.45, 7) is 1.58. The Morgan fingerprint density at radius 3 is 2.36 bits per heavy atom. The Labute approximate surface area is 163 Å².